The highest BCUT2D eigenvalue weighted by Crippen LogP contribution is 2.40. The number of ether oxygens (including phenoxy) is 4. The average Bonchev–Trinajstić information content (AvgIpc) is 2.55. The van der Waals surface area contributed by atoms with E-state index in [0.717, 1.165) is 0 Å². The summed E-state index contributed by atoms with van der Waals surface area (Å²) in [6.07, 6.45) is -0.261. The Hall–Kier alpha value is -0.0951. The summed E-state index contributed by atoms with van der Waals surface area (Å²) in [5.74, 6) is 0. The number of rotatable bonds is 3. The minimum absolute atomic E-state index is 0.109. The average molecular weight is 184 g/mol. The van der Waals surface area contributed by atoms with E-state index in [1.54, 1.807) is 14.2 Å². The van der Waals surface area contributed by atoms with Gasteiger partial charge in [0.25, 0.3) is 0 Å². The molecule has 0 aromatic rings. The van der Waals surface area contributed by atoms with Crippen molar-refractivity contribution in [2.24, 2.45) is 0 Å². The van der Waals surface area contributed by atoms with E-state index >= 15 is 0 Å². The summed E-state index contributed by atoms with van der Waals surface area (Å²) in [5, 5.41) is 0. The summed E-state index contributed by atoms with van der Waals surface area (Å²) >= 11 is 0. The Balaban J connectivity index is 2.17. The zero-order valence-corrected chi connectivity index (χ0v) is 7.86. The molecule has 4 atom stereocenters. The molecule has 0 amide bonds. The Morgan fingerprint density at radius 1 is 1.54 bits per heavy atom. The molecule has 0 aromatic carbocycles. The predicted octanol–water partition coefficient (Wildman–Crippen LogP) is -0.690. The van der Waals surface area contributed by atoms with Crippen LogP contribution in [0.2, 0.25) is 0 Å². The van der Waals surface area contributed by atoms with Crippen molar-refractivity contribution in [3.05, 3.63) is 0 Å². The van der Waals surface area contributed by atoms with Gasteiger partial charge in [-0.3, -0.25) is 0 Å². The Labute approximate surface area is 78.9 Å². The fraction of sp³-hybridized carbons (Fsp3) is 1.00. The van der Waals surface area contributed by atoms with Crippen LogP contribution in [0.25, 0.3) is 0 Å². The summed E-state index contributed by atoms with van der Waals surface area (Å²) in [7, 11) is 8.98. The molecule has 0 aromatic heterocycles. The molecule has 2 aliphatic rings. The summed E-state index contributed by atoms with van der Waals surface area (Å²) < 4.78 is 21.5. The second-order valence-corrected chi connectivity index (χ2v) is 3.51. The largest absolute Gasteiger partial charge is 0.381 e. The van der Waals surface area contributed by atoms with Gasteiger partial charge in [-0.15, -0.1) is 0 Å². The first-order chi connectivity index (χ1) is 6.23. The zero-order chi connectivity index (χ0) is 9.47. The van der Waals surface area contributed by atoms with Gasteiger partial charge in [-0.25, -0.2) is 0 Å². The molecule has 13 heavy (non-hydrogen) atoms. The van der Waals surface area contributed by atoms with E-state index in [1.165, 1.54) is 0 Å². The van der Waals surface area contributed by atoms with Gasteiger partial charge < -0.3 is 18.9 Å². The van der Waals surface area contributed by atoms with Gasteiger partial charge in [-0.05, 0) is 0 Å². The first kappa shape index (κ1) is 9.46. The van der Waals surface area contributed by atoms with Crippen LogP contribution >= 0.6 is 0 Å². The second-order valence-electron chi connectivity index (χ2n) is 3.51. The van der Waals surface area contributed by atoms with Crippen molar-refractivity contribution in [2.75, 3.05) is 27.4 Å². The minimum Gasteiger partial charge on any atom is -0.381 e. The number of fused-ring (bicyclic) bond motifs is 2. The molecule has 2 bridgehead atoms. The van der Waals surface area contributed by atoms with E-state index in [-0.39, 0.29) is 12.2 Å². The van der Waals surface area contributed by atoms with Gasteiger partial charge in [-0.1, -0.05) is 0 Å². The van der Waals surface area contributed by atoms with E-state index < -0.39 is 11.6 Å². The fourth-order valence-corrected chi connectivity index (χ4v) is 2.16. The number of methoxy groups -OCH3 is 2. The highest BCUT2D eigenvalue weighted by atomic mass is 16.7. The second kappa shape index (κ2) is 3.24. The fourth-order valence-electron chi connectivity index (χ4n) is 2.16. The molecular formula is C8H13BO4. The molecular weight excluding hydrogens is 171 g/mol. The highest BCUT2D eigenvalue weighted by Gasteiger charge is 2.60. The van der Waals surface area contributed by atoms with Crippen molar-refractivity contribution in [3.8, 4) is 0 Å². The zero-order valence-electron chi connectivity index (χ0n) is 7.86. The summed E-state index contributed by atoms with van der Waals surface area (Å²) in [6.45, 7) is 0.952. The van der Waals surface area contributed by atoms with Crippen LogP contribution in [0.4, 0.5) is 0 Å². The lowest BCUT2D eigenvalue weighted by atomic mass is 9.92. The van der Waals surface area contributed by atoms with Crippen LogP contribution in [0.1, 0.15) is 0 Å². The smallest absolute Gasteiger partial charge is 0.143 e. The van der Waals surface area contributed by atoms with Gasteiger partial charge in [0, 0.05) is 20.2 Å². The highest BCUT2D eigenvalue weighted by molar-refractivity contribution is 6.11. The standard InChI is InChI=1S/C8H13BO4/c1-10-3-8-4-12-5(6(8)11-2)7(9)13-8/h5-7H,3-4H2,1-2H3/t5-,6+,7-,8+/m1/s1. The van der Waals surface area contributed by atoms with E-state index in [9.17, 15) is 0 Å². The lowest BCUT2D eigenvalue weighted by Gasteiger charge is -2.29. The SMILES string of the molecule is [B][C@@H]1O[C@@]2(COC)CO[C@@H]1[C@@H]2OC. The van der Waals surface area contributed by atoms with Gasteiger partial charge in [0.15, 0.2) is 0 Å². The topological polar surface area (TPSA) is 36.9 Å². The molecule has 2 fully saturated rings. The molecule has 0 unspecified atom stereocenters. The third-order valence-electron chi connectivity index (χ3n) is 2.67. The maximum atomic E-state index is 5.72. The Bertz CT molecular complexity index is 201. The van der Waals surface area contributed by atoms with E-state index in [1.807, 2.05) is 0 Å². The quantitative estimate of drug-likeness (QED) is 0.544. The lowest BCUT2D eigenvalue weighted by molar-refractivity contribution is -0.144. The van der Waals surface area contributed by atoms with Crippen LogP contribution in [0.5, 0.6) is 0 Å². The van der Waals surface area contributed by atoms with Crippen LogP contribution in [0.15, 0.2) is 0 Å². The molecule has 4 nitrogen and oxygen atoms in total. The maximum absolute atomic E-state index is 5.72. The maximum Gasteiger partial charge on any atom is 0.143 e. The van der Waals surface area contributed by atoms with Crippen LogP contribution < -0.4 is 0 Å². The third-order valence-corrected chi connectivity index (χ3v) is 2.67. The summed E-state index contributed by atoms with van der Waals surface area (Å²) in [6, 6.07) is -0.395. The molecule has 2 rings (SSSR count). The van der Waals surface area contributed by atoms with Gasteiger partial charge in [0.1, 0.15) is 25.7 Å². The monoisotopic (exact) mass is 184 g/mol. The van der Waals surface area contributed by atoms with Gasteiger partial charge in [0.2, 0.25) is 0 Å². The van der Waals surface area contributed by atoms with Crippen molar-refractivity contribution < 1.29 is 18.9 Å². The van der Waals surface area contributed by atoms with Crippen LogP contribution in [0, 0.1) is 0 Å². The van der Waals surface area contributed by atoms with Crippen LogP contribution in [-0.4, -0.2) is 59.1 Å². The summed E-state index contributed by atoms with van der Waals surface area (Å²) in [5.41, 5.74) is -0.492. The predicted molar refractivity (Wildman–Crippen MR) is 45.8 cm³/mol. The van der Waals surface area contributed by atoms with Gasteiger partial charge in [0.05, 0.1) is 13.2 Å². The van der Waals surface area contributed by atoms with Crippen molar-refractivity contribution in [2.45, 2.75) is 23.8 Å². The van der Waals surface area contributed by atoms with E-state index in [0.29, 0.717) is 13.2 Å². The number of hydrogen-bond donors (Lipinski definition) is 0. The lowest BCUT2D eigenvalue weighted by Crippen LogP contribution is -2.45. The molecule has 2 saturated heterocycles. The first-order valence-electron chi connectivity index (χ1n) is 4.30. The van der Waals surface area contributed by atoms with E-state index in [2.05, 4.69) is 0 Å². The van der Waals surface area contributed by atoms with Gasteiger partial charge >= 0.3 is 0 Å². The molecule has 2 aliphatic heterocycles. The third kappa shape index (κ3) is 1.22. The molecule has 2 radical (unpaired) electrons. The van der Waals surface area contributed by atoms with Crippen molar-refractivity contribution in [1.82, 2.24) is 0 Å². The van der Waals surface area contributed by atoms with Crippen molar-refractivity contribution >= 4 is 7.85 Å². The van der Waals surface area contributed by atoms with E-state index in [4.69, 9.17) is 26.8 Å². The van der Waals surface area contributed by atoms with Crippen molar-refractivity contribution in [1.29, 1.82) is 0 Å². The molecule has 0 saturated carbocycles. The molecule has 0 spiro atoms. The first-order valence-corrected chi connectivity index (χ1v) is 4.30. The van der Waals surface area contributed by atoms with Crippen LogP contribution in [-0.2, 0) is 18.9 Å². The Morgan fingerprint density at radius 3 is 2.85 bits per heavy atom. The number of hydrogen-bond acceptors (Lipinski definition) is 4. The summed E-state index contributed by atoms with van der Waals surface area (Å²) in [4.78, 5) is 0. The molecule has 0 aliphatic carbocycles. The van der Waals surface area contributed by atoms with Crippen molar-refractivity contribution in [3.63, 3.8) is 0 Å². The Morgan fingerprint density at radius 2 is 2.31 bits per heavy atom. The molecule has 72 valence electrons. The molecule has 2 heterocycles. The normalized spacial score (nSPS) is 48.6. The molecule has 0 N–H and O–H groups in total. The molecule has 5 heteroatoms. The van der Waals surface area contributed by atoms with Gasteiger partial charge in [-0.2, -0.15) is 0 Å². The minimum atomic E-state index is -0.492. The van der Waals surface area contributed by atoms with Crippen LogP contribution in [0.3, 0.4) is 0 Å². The Kier molecular flexibility index (Phi) is 2.36.